The van der Waals surface area contributed by atoms with Crippen LogP contribution in [0.15, 0.2) is 178 Å². The number of quaternary nitrogens is 2. The van der Waals surface area contributed by atoms with Gasteiger partial charge in [-0.15, -0.1) is 8.97 Å². The normalized spacial score (nSPS) is 18.3. The molecule has 2 atom stereocenters. The number of thiazole rings is 4. The summed E-state index contributed by atoms with van der Waals surface area (Å²) in [5.74, 6) is 0. The molecule has 4 N–H and O–H groups in total. The molecule has 24 heteroatoms. The highest BCUT2D eigenvalue weighted by molar-refractivity contribution is 7.86. The first-order valence-corrected chi connectivity index (χ1v) is 29.2. The smallest absolute Gasteiger partial charge is 0.310 e. The highest BCUT2D eigenvalue weighted by Gasteiger charge is 2.61. The van der Waals surface area contributed by atoms with Crippen LogP contribution in [0.4, 0.5) is 31.9 Å². The molecular weight excluding hydrogens is 1090 g/mol. The number of thiol groups is 2. The monoisotopic (exact) mass is 1130 g/mol. The van der Waals surface area contributed by atoms with Crippen LogP contribution < -0.4 is 19.6 Å². The number of allylic oxidation sites excluding steroid dienone is 2. The third-order valence-corrected chi connectivity index (χ3v) is 19.8. The number of para-hydroxylation sites is 4. The van der Waals surface area contributed by atoms with Crippen molar-refractivity contribution in [2.24, 2.45) is 9.98 Å². The Balaban J connectivity index is 1.06. The predicted octanol–water partition coefficient (Wildman–Crippen LogP) is 12.2. The van der Waals surface area contributed by atoms with Gasteiger partial charge in [0.1, 0.15) is 9.79 Å². The van der Waals surface area contributed by atoms with Crippen molar-refractivity contribution >= 4 is 188 Å². The Morgan fingerprint density at radius 2 is 0.784 bits per heavy atom. The number of benzene rings is 6. The minimum absolute atomic E-state index is 0.0301. The number of nitrogens with one attached hydrogen (secondary N) is 2. The minimum Gasteiger partial charge on any atom is -0.310 e. The van der Waals surface area contributed by atoms with Crippen molar-refractivity contribution in [2.45, 2.75) is 20.0 Å². The molecule has 0 spiro atoms. The third kappa shape index (κ3) is 7.83. The number of aromatic nitrogens is 4. The van der Waals surface area contributed by atoms with Gasteiger partial charge in [0.15, 0.2) is 11.4 Å². The van der Waals surface area contributed by atoms with Gasteiger partial charge in [-0.25, -0.2) is 9.98 Å². The van der Waals surface area contributed by atoms with Gasteiger partial charge in [-0.1, -0.05) is 131 Å². The van der Waals surface area contributed by atoms with Crippen LogP contribution in [0.1, 0.15) is 11.1 Å². The number of fused-ring (bicyclic) bond motifs is 4. The summed E-state index contributed by atoms with van der Waals surface area (Å²) in [4.78, 5) is 29.1. The maximum atomic E-state index is 13.8. The lowest BCUT2D eigenvalue weighted by molar-refractivity contribution is 0.317. The van der Waals surface area contributed by atoms with Crippen molar-refractivity contribution in [3.05, 3.63) is 169 Å². The second-order valence-electron chi connectivity index (χ2n) is 16.8. The lowest BCUT2D eigenvalue weighted by Crippen LogP contribution is -2.62. The quantitative estimate of drug-likeness (QED) is 0.0222. The fourth-order valence-electron chi connectivity index (χ4n) is 9.02. The van der Waals surface area contributed by atoms with Crippen molar-refractivity contribution in [2.75, 3.05) is 0 Å². The van der Waals surface area contributed by atoms with Crippen molar-refractivity contribution in [3.8, 4) is 0 Å². The van der Waals surface area contributed by atoms with Gasteiger partial charge >= 0.3 is 30.8 Å². The van der Waals surface area contributed by atoms with Crippen LogP contribution in [0.3, 0.4) is 0 Å². The molecule has 6 aromatic carbocycles. The van der Waals surface area contributed by atoms with E-state index in [1.54, 1.807) is 49.1 Å². The van der Waals surface area contributed by atoms with Gasteiger partial charge in [0.25, 0.3) is 20.2 Å². The first-order chi connectivity index (χ1) is 35.6. The van der Waals surface area contributed by atoms with Gasteiger partial charge in [-0.05, 0) is 83.9 Å². The number of hydrogen-bond acceptors (Lipinski definition) is 18. The average Bonchev–Trinajstić information content (AvgIpc) is 4.22. The van der Waals surface area contributed by atoms with E-state index < -0.39 is 49.2 Å². The summed E-state index contributed by atoms with van der Waals surface area (Å²) in [5, 5.41) is 4.98. The third-order valence-electron chi connectivity index (χ3n) is 12.4. The average molecular weight is 1130 g/mol. The molecule has 12 rings (SSSR count). The number of rotatable bonds is 12. The fraction of sp³-hybridized carbons (Fsp3) is 0.0400. The largest absolute Gasteiger partial charge is 0.337 e. The minimum atomic E-state index is -5.06. The van der Waals surface area contributed by atoms with Crippen LogP contribution in [0.2, 0.25) is 0 Å². The topological polar surface area (TPSA) is 209 Å². The van der Waals surface area contributed by atoms with Crippen LogP contribution in [0.5, 0.6) is 0 Å². The van der Waals surface area contributed by atoms with Crippen LogP contribution in [-0.2, 0) is 20.2 Å². The number of aliphatic imine (C=N–C) groups is 2. The van der Waals surface area contributed by atoms with Gasteiger partial charge in [0.2, 0.25) is 0 Å². The van der Waals surface area contributed by atoms with Gasteiger partial charge in [-0.3, -0.25) is 9.11 Å². The first kappa shape index (κ1) is 48.4. The summed E-state index contributed by atoms with van der Waals surface area (Å²) < 4.78 is 79.6. The summed E-state index contributed by atoms with van der Waals surface area (Å²) >= 11 is 15.8. The summed E-state index contributed by atoms with van der Waals surface area (Å²) in [6.45, 7) is 0. The molecule has 0 bridgehead atoms. The Morgan fingerprint density at radius 3 is 1.05 bits per heavy atom. The van der Waals surface area contributed by atoms with Crippen LogP contribution in [0, 0.1) is 0 Å². The van der Waals surface area contributed by atoms with Gasteiger partial charge < -0.3 is 10.6 Å². The van der Waals surface area contributed by atoms with E-state index in [4.69, 9.17) is 55.2 Å². The van der Waals surface area contributed by atoms with E-state index in [0.29, 0.717) is 42.6 Å². The van der Waals surface area contributed by atoms with Crippen LogP contribution in [0.25, 0.3) is 53.0 Å². The van der Waals surface area contributed by atoms with Crippen LogP contribution >= 0.6 is 70.6 Å². The predicted molar refractivity (Wildman–Crippen MR) is 307 cm³/mol. The Morgan fingerprint density at radius 1 is 0.473 bits per heavy atom. The highest BCUT2D eigenvalue weighted by Crippen LogP contribution is 2.58. The molecule has 2 aliphatic rings. The second-order valence-corrected chi connectivity index (χ2v) is 24.8. The molecule has 0 saturated heterocycles. The van der Waals surface area contributed by atoms with E-state index in [-0.39, 0.29) is 22.5 Å². The lowest BCUT2D eigenvalue weighted by atomic mass is 10.1. The van der Waals surface area contributed by atoms with E-state index in [0.717, 1.165) is 18.8 Å². The van der Waals surface area contributed by atoms with E-state index in [2.05, 4.69) is 10.6 Å². The molecule has 0 amide bonds. The molecule has 0 fully saturated rings. The van der Waals surface area contributed by atoms with E-state index in [1.165, 1.54) is 81.8 Å². The fourth-order valence-corrected chi connectivity index (χ4v) is 16.4. The maximum absolute atomic E-state index is 13.8. The number of hydrogen-bond donors (Lipinski definition) is 6. The van der Waals surface area contributed by atoms with E-state index >= 15 is 0 Å². The zero-order chi connectivity index (χ0) is 51.1. The SMILES string of the molecule is O=S(=O)(O)c1cc([N+](c2nc3ccccc3s2)(c2nc3ccccc3s2)C2(S)N=CC=CN2)ccc1C=Cc1ccc([N+](c2nc3ccccc3s2)(c2nc3ccccc3s2)C2(S)N=CC=CN2)cc1S(=O)(=O)O. The number of nitrogens with zero attached hydrogens (tertiary/aromatic N) is 8. The van der Waals surface area contributed by atoms with E-state index in [9.17, 15) is 25.9 Å². The second kappa shape index (κ2) is 18.1. The molecule has 0 saturated carbocycles. The molecule has 0 aliphatic carbocycles. The first-order valence-electron chi connectivity index (χ1n) is 22.2. The molecule has 368 valence electrons. The molecule has 74 heavy (non-hydrogen) atoms. The summed E-state index contributed by atoms with van der Waals surface area (Å²) in [7, 11) is -10.1. The zero-order valence-electron chi connectivity index (χ0n) is 37.8. The molecule has 2 unspecified atom stereocenters. The maximum Gasteiger partial charge on any atom is 0.337 e. The Labute approximate surface area is 449 Å². The summed E-state index contributed by atoms with van der Waals surface area (Å²) in [6.07, 6.45) is 12.6. The van der Waals surface area contributed by atoms with Crippen molar-refractivity contribution in [3.63, 3.8) is 0 Å². The van der Waals surface area contributed by atoms with Crippen LogP contribution in [-0.4, -0.2) is 68.5 Å². The summed E-state index contributed by atoms with van der Waals surface area (Å²) in [6, 6.07) is 39.1. The lowest BCUT2D eigenvalue weighted by Gasteiger charge is -2.43. The zero-order valence-corrected chi connectivity index (χ0v) is 44.5. The van der Waals surface area contributed by atoms with Gasteiger partial charge in [0, 0.05) is 49.1 Å². The molecule has 10 aromatic rings. The molecular formula is C50H36N10O6S8+2. The van der Waals surface area contributed by atoms with Crippen molar-refractivity contribution in [1.82, 2.24) is 39.5 Å². The summed E-state index contributed by atoms with van der Waals surface area (Å²) in [5.41, 5.74) is 3.10. The molecule has 16 nitrogen and oxygen atoms in total. The Kier molecular flexibility index (Phi) is 11.8. The molecule has 6 heterocycles. The Bertz CT molecular complexity index is 3760. The highest BCUT2D eigenvalue weighted by atomic mass is 32.2. The molecule has 0 radical (unpaired) electrons. The van der Waals surface area contributed by atoms with E-state index in [1.807, 2.05) is 97.1 Å². The molecule has 4 aromatic heterocycles. The van der Waals surface area contributed by atoms with Crippen molar-refractivity contribution < 1.29 is 25.9 Å². The Hall–Kier alpha value is -6.52. The standard InChI is InChI=1S/C50H34N10O6S8/c61-73(62,63)43-29-33(59(49(67)51-25-9-26-52-49,45-55-35-11-1-5-15-39(35)69-45)46-56-36-12-2-6-16-40(36)70-46)23-21-31(43)19-20-32-22-24-34(30-44(32)74(64,65)66)60(50(68)53-27-10-28-54-50,47-57-37-13-3-7-17-41(37)71-47)48-58-38-14-4-8-18-42(38)72-48/h1-30H,(H4-2,51,52,53,54,61,62,63,64,65,66,67,68)/p+2. The van der Waals surface area contributed by atoms with Gasteiger partial charge in [0.05, 0.1) is 40.9 Å². The van der Waals surface area contributed by atoms with Gasteiger partial charge in [-0.2, -0.15) is 36.8 Å². The molecule has 2 aliphatic heterocycles. The van der Waals surface area contributed by atoms with Crippen molar-refractivity contribution in [1.29, 1.82) is 0 Å².